The fourth-order valence-corrected chi connectivity index (χ4v) is 7.03. The highest BCUT2D eigenvalue weighted by molar-refractivity contribution is 5.71. The van der Waals surface area contributed by atoms with E-state index in [1.807, 2.05) is 0 Å². The Bertz CT molecular complexity index is 1310. The first-order chi connectivity index (χ1) is 32.0. The summed E-state index contributed by atoms with van der Waals surface area (Å²) in [6.45, 7) is 6.42. The van der Waals surface area contributed by atoms with Crippen LogP contribution in [0.25, 0.3) is 0 Å². The van der Waals surface area contributed by atoms with E-state index in [0.717, 1.165) is 116 Å². The van der Waals surface area contributed by atoms with E-state index in [0.29, 0.717) is 19.3 Å². The lowest BCUT2D eigenvalue weighted by atomic mass is 10.1. The Labute approximate surface area is 400 Å². The van der Waals surface area contributed by atoms with Crippen molar-refractivity contribution in [3.8, 4) is 0 Å². The van der Waals surface area contributed by atoms with Crippen LogP contribution >= 0.6 is 0 Å². The molecule has 0 saturated heterocycles. The van der Waals surface area contributed by atoms with Gasteiger partial charge in [-0.1, -0.05) is 201 Å². The van der Waals surface area contributed by atoms with Crippen molar-refractivity contribution in [1.82, 2.24) is 0 Å². The highest BCUT2D eigenvalue weighted by Gasteiger charge is 2.19. The number of rotatable bonds is 47. The monoisotopic (exact) mass is 903 g/mol. The molecule has 0 spiro atoms. The molecule has 6 heteroatoms. The van der Waals surface area contributed by atoms with Crippen LogP contribution in [0.1, 0.15) is 239 Å². The van der Waals surface area contributed by atoms with E-state index in [1.165, 1.54) is 77.0 Å². The Morgan fingerprint density at radius 2 is 0.615 bits per heavy atom. The number of carbonyl (C=O) groups is 3. The summed E-state index contributed by atoms with van der Waals surface area (Å²) in [5.74, 6) is -0.991. The van der Waals surface area contributed by atoms with Crippen molar-refractivity contribution in [2.75, 3.05) is 13.2 Å². The number of ether oxygens (including phenoxy) is 3. The van der Waals surface area contributed by atoms with Gasteiger partial charge in [0.15, 0.2) is 6.10 Å². The van der Waals surface area contributed by atoms with Crippen LogP contribution in [0.3, 0.4) is 0 Å². The molecule has 0 aromatic carbocycles. The van der Waals surface area contributed by atoms with Crippen LogP contribution in [0, 0.1) is 0 Å². The van der Waals surface area contributed by atoms with E-state index in [2.05, 4.69) is 118 Å². The highest BCUT2D eigenvalue weighted by atomic mass is 16.6. The smallest absolute Gasteiger partial charge is 0.306 e. The summed E-state index contributed by atoms with van der Waals surface area (Å²) in [5, 5.41) is 0. The van der Waals surface area contributed by atoms with E-state index < -0.39 is 6.10 Å². The van der Waals surface area contributed by atoms with Gasteiger partial charge in [0.1, 0.15) is 13.2 Å². The lowest BCUT2D eigenvalue weighted by Gasteiger charge is -2.18. The molecule has 0 radical (unpaired) electrons. The third-order valence-electron chi connectivity index (χ3n) is 11.0. The Morgan fingerprint density at radius 1 is 0.323 bits per heavy atom. The van der Waals surface area contributed by atoms with Gasteiger partial charge in [-0.3, -0.25) is 14.4 Å². The second kappa shape index (κ2) is 52.9. The van der Waals surface area contributed by atoms with Crippen LogP contribution in [0.2, 0.25) is 0 Å². The topological polar surface area (TPSA) is 78.9 Å². The molecule has 0 amide bonds. The maximum Gasteiger partial charge on any atom is 0.306 e. The molecule has 0 saturated carbocycles. The first kappa shape index (κ1) is 61.3. The van der Waals surface area contributed by atoms with Crippen LogP contribution in [-0.2, 0) is 28.6 Å². The Morgan fingerprint density at radius 3 is 1.05 bits per heavy atom. The minimum absolute atomic E-state index is 0.108. The van der Waals surface area contributed by atoms with Crippen LogP contribution in [0.5, 0.6) is 0 Å². The first-order valence-electron chi connectivity index (χ1n) is 26.7. The Balaban J connectivity index is 4.52. The first-order valence-corrected chi connectivity index (χ1v) is 26.7. The SMILES string of the molecule is CCC=CCC=CCC=CCCCCCCCC(=O)OC[C@@H](COC(=O)CCCC=CCC=CCC=CCC=CCCCCC)OC(=O)CCCCCCCC=CCCCCCCCC. The number of hydrogen-bond donors (Lipinski definition) is 0. The van der Waals surface area contributed by atoms with E-state index in [9.17, 15) is 14.4 Å². The Hall–Kier alpha value is -3.67. The van der Waals surface area contributed by atoms with Crippen molar-refractivity contribution in [2.24, 2.45) is 0 Å². The molecule has 0 aliphatic heterocycles. The predicted octanol–water partition coefficient (Wildman–Crippen LogP) is 17.8. The normalized spacial score (nSPS) is 12.8. The van der Waals surface area contributed by atoms with Crippen LogP contribution in [0.4, 0.5) is 0 Å². The standard InChI is InChI=1S/C59H98O6/c1-4-7-10-13-16-19-22-25-28-29-32-34-37-40-43-46-49-52-58(61)64-55-56(65-59(62)53-50-47-44-41-38-35-31-27-24-21-18-15-12-9-6-3)54-63-57(60)51-48-45-42-39-36-33-30-26-23-20-17-14-11-8-5-2/h8,11,16-17,19-20,25-28,30-32,34,40,43,56H,4-7,9-10,12-15,18,21-24,29,33,35-39,41-42,44-55H2,1-3H3/t56-/m0/s1. The summed E-state index contributed by atoms with van der Waals surface area (Å²) in [7, 11) is 0. The lowest BCUT2D eigenvalue weighted by Crippen LogP contribution is -2.30. The van der Waals surface area contributed by atoms with E-state index in [1.54, 1.807) is 0 Å². The maximum atomic E-state index is 12.8. The van der Waals surface area contributed by atoms with Crippen molar-refractivity contribution in [2.45, 2.75) is 245 Å². The molecule has 0 unspecified atom stereocenters. The lowest BCUT2D eigenvalue weighted by molar-refractivity contribution is -0.167. The second-order valence-electron chi connectivity index (χ2n) is 17.4. The van der Waals surface area contributed by atoms with E-state index in [-0.39, 0.29) is 37.5 Å². The van der Waals surface area contributed by atoms with Gasteiger partial charge >= 0.3 is 17.9 Å². The molecule has 6 nitrogen and oxygen atoms in total. The third kappa shape index (κ3) is 51.2. The summed E-state index contributed by atoms with van der Waals surface area (Å²) in [5.41, 5.74) is 0. The van der Waals surface area contributed by atoms with Crippen LogP contribution in [-0.4, -0.2) is 37.2 Å². The van der Waals surface area contributed by atoms with Crippen molar-refractivity contribution >= 4 is 17.9 Å². The van der Waals surface area contributed by atoms with Crippen LogP contribution in [0.15, 0.2) is 97.2 Å². The average molecular weight is 903 g/mol. The Kier molecular flexibility index (Phi) is 50.0. The molecule has 0 aromatic rings. The number of hydrogen-bond acceptors (Lipinski definition) is 6. The zero-order chi connectivity index (χ0) is 47.2. The molecule has 1 atom stereocenters. The number of allylic oxidation sites excluding steroid dienone is 16. The van der Waals surface area contributed by atoms with Gasteiger partial charge in [0.25, 0.3) is 0 Å². The van der Waals surface area contributed by atoms with Gasteiger partial charge in [-0.05, 0) is 116 Å². The number of unbranched alkanes of at least 4 members (excludes halogenated alkanes) is 20. The summed E-state index contributed by atoms with van der Waals surface area (Å²) in [6, 6.07) is 0. The van der Waals surface area contributed by atoms with Crippen molar-refractivity contribution in [3.05, 3.63) is 97.2 Å². The highest BCUT2D eigenvalue weighted by Crippen LogP contribution is 2.13. The minimum Gasteiger partial charge on any atom is -0.462 e. The van der Waals surface area contributed by atoms with Gasteiger partial charge in [0, 0.05) is 19.3 Å². The van der Waals surface area contributed by atoms with Gasteiger partial charge in [-0.25, -0.2) is 0 Å². The molecule has 0 fully saturated rings. The van der Waals surface area contributed by atoms with Gasteiger partial charge in [-0.15, -0.1) is 0 Å². The minimum atomic E-state index is -0.812. The third-order valence-corrected chi connectivity index (χ3v) is 11.0. The second-order valence-corrected chi connectivity index (χ2v) is 17.4. The van der Waals surface area contributed by atoms with Crippen LogP contribution < -0.4 is 0 Å². The summed E-state index contributed by atoms with van der Waals surface area (Å²) >= 11 is 0. The van der Waals surface area contributed by atoms with Gasteiger partial charge in [-0.2, -0.15) is 0 Å². The van der Waals surface area contributed by atoms with E-state index in [4.69, 9.17) is 14.2 Å². The molecule has 0 bridgehead atoms. The molecule has 0 N–H and O–H groups in total. The van der Waals surface area contributed by atoms with Gasteiger partial charge < -0.3 is 14.2 Å². The summed E-state index contributed by atoms with van der Waals surface area (Å²) in [4.78, 5) is 38.0. The molecular weight excluding hydrogens is 805 g/mol. The molecule has 0 rings (SSSR count). The van der Waals surface area contributed by atoms with Gasteiger partial charge in [0.05, 0.1) is 0 Å². The van der Waals surface area contributed by atoms with E-state index >= 15 is 0 Å². The predicted molar refractivity (Wildman–Crippen MR) is 279 cm³/mol. The molecular formula is C59H98O6. The molecule has 0 aromatic heterocycles. The zero-order valence-corrected chi connectivity index (χ0v) is 42.2. The summed E-state index contributed by atoms with van der Waals surface area (Å²) < 4.78 is 16.8. The molecule has 65 heavy (non-hydrogen) atoms. The fourth-order valence-electron chi connectivity index (χ4n) is 7.03. The molecule has 0 aliphatic carbocycles. The number of carbonyl (C=O) groups excluding carboxylic acids is 3. The molecule has 0 aliphatic rings. The van der Waals surface area contributed by atoms with Gasteiger partial charge in [0.2, 0.25) is 0 Å². The fraction of sp³-hybridized carbons (Fsp3) is 0.678. The zero-order valence-electron chi connectivity index (χ0n) is 42.2. The van der Waals surface area contributed by atoms with Crippen molar-refractivity contribution in [1.29, 1.82) is 0 Å². The maximum absolute atomic E-state index is 12.8. The molecule has 0 heterocycles. The largest absolute Gasteiger partial charge is 0.462 e. The van der Waals surface area contributed by atoms with Crippen molar-refractivity contribution < 1.29 is 28.6 Å². The molecule has 370 valence electrons. The summed E-state index contributed by atoms with van der Waals surface area (Å²) in [6.07, 6.45) is 69.6. The average Bonchev–Trinajstić information content (AvgIpc) is 3.30. The van der Waals surface area contributed by atoms with Crippen molar-refractivity contribution in [3.63, 3.8) is 0 Å². The quantitative estimate of drug-likeness (QED) is 0.0262. The number of esters is 3.